The second kappa shape index (κ2) is 5.76. The molecule has 2 unspecified atom stereocenters. The van der Waals surface area contributed by atoms with Gasteiger partial charge in [-0.2, -0.15) is 0 Å². The number of benzene rings is 1. The maximum atomic E-state index is 11.1. The first kappa shape index (κ1) is 15.4. The van der Waals surface area contributed by atoms with Gasteiger partial charge in [0.15, 0.2) is 0 Å². The summed E-state index contributed by atoms with van der Waals surface area (Å²) in [5.74, 6) is 0.329. The second-order valence-corrected chi connectivity index (χ2v) is 7.55. The molecular weight excluding hydrogens is 320 g/mol. The number of ether oxygens (including phenoxy) is 1. The highest BCUT2D eigenvalue weighted by molar-refractivity contribution is 9.10. The normalized spacial score (nSPS) is 25.2. The van der Waals surface area contributed by atoms with Crippen molar-refractivity contribution >= 4 is 21.9 Å². The first-order chi connectivity index (χ1) is 9.25. The molecule has 1 aliphatic carbocycles. The van der Waals surface area contributed by atoms with E-state index in [2.05, 4.69) is 36.7 Å². The van der Waals surface area contributed by atoms with Gasteiger partial charge in [0.25, 0.3) is 0 Å². The van der Waals surface area contributed by atoms with Crippen LogP contribution in [0.5, 0.6) is 5.75 Å². The Labute approximate surface area is 128 Å². The first-order valence-electron chi connectivity index (χ1n) is 6.96. The molecule has 2 rings (SSSR count). The van der Waals surface area contributed by atoms with Gasteiger partial charge in [-0.3, -0.25) is 0 Å². The Balaban J connectivity index is 2.15. The van der Waals surface area contributed by atoms with Crippen molar-refractivity contribution in [2.45, 2.75) is 46.1 Å². The van der Waals surface area contributed by atoms with Crippen molar-refractivity contribution in [1.29, 1.82) is 0 Å². The van der Waals surface area contributed by atoms with Crippen LogP contribution in [0.15, 0.2) is 22.7 Å². The van der Waals surface area contributed by atoms with E-state index in [-0.39, 0.29) is 17.1 Å². The third-order valence-corrected chi connectivity index (χ3v) is 4.23. The van der Waals surface area contributed by atoms with Gasteiger partial charge < -0.3 is 9.84 Å². The fourth-order valence-electron chi connectivity index (χ4n) is 3.29. The van der Waals surface area contributed by atoms with E-state index < -0.39 is 5.97 Å². The van der Waals surface area contributed by atoms with Gasteiger partial charge in [0.05, 0.1) is 11.7 Å². The number of carbonyl (C=O) groups is 1. The summed E-state index contributed by atoms with van der Waals surface area (Å²) in [6.45, 7) is 6.78. The number of hydrogen-bond donors (Lipinski definition) is 1. The van der Waals surface area contributed by atoms with Crippen LogP contribution in [-0.4, -0.2) is 17.2 Å². The summed E-state index contributed by atoms with van der Waals surface area (Å²) in [7, 11) is 0. The van der Waals surface area contributed by atoms with Gasteiger partial charge in [-0.25, -0.2) is 4.79 Å². The van der Waals surface area contributed by atoms with Gasteiger partial charge in [-0.1, -0.05) is 36.7 Å². The Hall–Kier alpha value is -1.03. The highest BCUT2D eigenvalue weighted by Gasteiger charge is 2.33. The number of carboxylic acid groups (broad SMARTS) is 1. The number of hydrogen-bond acceptors (Lipinski definition) is 2. The number of carboxylic acids is 1. The molecule has 0 radical (unpaired) electrons. The average Bonchev–Trinajstić information content (AvgIpc) is 2.24. The van der Waals surface area contributed by atoms with E-state index in [4.69, 9.17) is 9.84 Å². The molecule has 0 bridgehead atoms. The van der Waals surface area contributed by atoms with Gasteiger partial charge in [0.1, 0.15) is 5.75 Å². The molecule has 1 aromatic rings. The Morgan fingerprint density at radius 2 is 2.05 bits per heavy atom. The van der Waals surface area contributed by atoms with Crippen molar-refractivity contribution < 1.29 is 14.6 Å². The maximum absolute atomic E-state index is 11.1. The van der Waals surface area contributed by atoms with Crippen LogP contribution >= 0.6 is 15.9 Å². The molecule has 4 heteroatoms. The average molecular weight is 341 g/mol. The molecule has 1 fully saturated rings. The third kappa shape index (κ3) is 3.98. The summed E-state index contributed by atoms with van der Waals surface area (Å²) < 4.78 is 6.77. The molecule has 0 aliphatic heterocycles. The van der Waals surface area contributed by atoms with E-state index in [1.165, 1.54) is 6.42 Å². The molecule has 1 aromatic carbocycles. The van der Waals surface area contributed by atoms with Crippen molar-refractivity contribution in [2.75, 3.05) is 0 Å². The largest absolute Gasteiger partial charge is 0.490 e. The van der Waals surface area contributed by atoms with E-state index >= 15 is 0 Å². The molecule has 0 aromatic heterocycles. The predicted octanol–water partition coefficient (Wildman–Crippen LogP) is 4.74. The standard InChI is InChI=1S/C16H21BrO3/c1-10-4-14(9-16(2,3)8-10)20-13-6-11(15(18)19)5-12(17)7-13/h5-7,10,14H,4,8-9H2,1-3H3,(H,18,19). The zero-order valence-electron chi connectivity index (χ0n) is 12.1. The van der Waals surface area contributed by atoms with Crippen LogP contribution in [0.4, 0.5) is 0 Å². The Kier molecular flexibility index (Phi) is 4.43. The highest BCUT2D eigenvalue weighted by atomic mass is 79.9. The number of halogens is 1. The molecule has 0 spiro atoms. The molecule has 0 heterocycles. The molecule has 2 atom stereocenters. The van der Waals surface area contributed by atoms with Crippen molar-refractivity contribution in [1.82, 2.24) is 0 Å². The summed E-state index contributed by atoms with van der Waals surface area (Å²) in [5, 5.41) is 9.09. The van der Waals surface area contributed by atoms with Crippen molar-refractivity contribution in [3.63, 3.8) is 0 Å². The third-order valence-electron chi connectivity index (χ3n) is 3.77. The highest BCUT2D eigenvalue weighted by Crippen LogP contribution is 2.40. The quantitative estimate of drug-likeness (QED) is 0.864. The van der Waals surface area contributed by atoms with Gasteiger partial charge in [-0.05, 0) is 48.8 Å². The lowest BCUT2D eigenvalue weighted by Crippen LogP contribution is -2.34. The molecule has 1 N–H and O–H groups in total. The first-order valence-corrected chi connectivity index (χ1v) is 7.75. The topological polar surface area (TPSA) is 46.5 Å². The van der Waals surface area contributed by atoms with Gasteiger partial charge in [0, 0.05) is 4.47 Å². The SMILES string of the molecule is CC1CC(Oc2cc(Br)cc(C(=O)O)c2)CC(C)(C)C1. The van der Waals surface area contributed by atoms with Crippen LogP contribution in [0.2, 0.25) is 0 Å². The van der Waals surface area contributed by atoms with E-state index in [1.807, 2.05) is 6.07 Å². The summed E-state index contributed by atoms with van der Waals surface area (Å²) in [4.78, 5) is 11.1. The van der Waals surface area contributed by atoms with Crippen LogP contribution in [0.3, 0.4) is 0 Å². The van der Waals surface area contributed by atoms with Crippen molar-refractivity contribution in [3.8, 4) is 5.75 Å². The molecule has 0 amide bonds. The van der Waals surface area contributed by atoms with Crippen LogP contribution < -0.4 is 4.74 Å². The van der Waals surface area contributed by atoms with E-state index in [1.54, 1.807) is 12.1 Å². The van der Waals surface area contributed by atoms with E-state index in [9.17, 15) is 4.79 Å². The van der Waals surface area contributed by atoms with Crippen LogP contribution in [0.25, 0.3) is 0 Å². The lowest BCUT2D eigenvalue weighted by molar-refractivity contribution is 0.0556. The molecule has 1 saturated carbocycles. The molecule has 20 heavy (non-hydrogen) atoms. The predicted molar refractivity (Wildman–Crippen MR) is 82.3 cm³/mol. The van der Waals surface area contributed by atoms with Crippen molar-refractivity contribution in [3.05, 3.63) is 28.2 Å². The Morgan fingerprint density at radius 3 is 2.65 bits per heavy atom. The fraction of sp³-hybridized carbons (Fsp3) is 0.562. The van der Waals surface area contributed by atoms with Crippen molar-refractivity contribution in [2.24, 2.45) is 11.3 Å². The molecule has 1 aliphatic rings. The molecule has 0 saturated heterocycles. The van der Waals surface area contributed by atoms with E-state index in [0.29, 0.717) is 11.7 Å². The Morgan fingerprint density at radius 1 is 1.35 bits per heavy atom. The van der Waals surface area contributed by atoms with Gasteiger partial charge in [0.2, 0.25) is 0 Å². The zero-order valence-corrected chi connectivity index (χ0v) is 13.7. The summed E-state index contributed by atoms with van der Waals surface area (Å²) in [6, 6.07) is 5.01. The summed E-state index contributed by atoms with van der Waals surface area (Å²) in [5.41, 5.74) is 0.529. The maximum Gasteiger partial charge on any atom is 0.335 e. The van der Waals surface area contributed by atoms with Crippen LogP contribution in [0, 0.1) is 11.3 Å². The minimum Gasteiger partial charge on any atom is -0.490 e. The molecule has 3 nitrogen and oxygen atoms in total. The second-order valence-electron chi connectivity index (χ2n) is 6.63. The minimum atomic E-state index is -0.937. The smallest absolute Gasteiger partial charge is 0.335 e. The number of rotatable bonds is 3. The van der Waals surface area contributed by atoms with Gasteiger partial charge >= 0.3 is 5.97 Å². The molecular formula is C16H21BrO3. The molecule has 110 valence electrons. The monoisotopic (exact) mass is 340 g/mol. The van der Waals surface area contributed by atoms with Gasteiger partial charge in [-0.15, -0.1) is 0 Å². The minimum absolute atomic E-state index is 0.157. The lowest BCUT2D eigenvalue weighted by atomic mass is 9.71. The van der Waals surface area contributed by atoms with Crippen LogP contribution in [-0.2, 0) is 0 Å². The Bertz CT molecular complexity index is 510. The fourth-order valence-corrected chi connectivity index (χ4v) is 3.77. The number of aromatic carboxylic acids is 1. The summed E-state index contributed by atoms with van der Waals surface area (Å²) >= 11 is 3.34. The van der Waals surface area contributed by atoms with Crippen LogP contribution in [0.1, 0.15) is 50.4 Å². The zero-order chi connectivity index (χ0) is 14.9. The van der Waals surface area contributed by atoms with E-state index in [0.717, 1.165) is 17.3 Å². The lowest BCUT2D eigenvalue weighted by Gasteiger charge is -2.38. The summed E-state index contributed by atoms with van der Waals surface area (Å²) in [6.07, 6.45) is 3.40.